The number of hydrogen-bond acceptors (Lipinski definition) is 3. The lowest BCUT2D eigenvalue weighted by Crippen LogP contribution is -2.26. The molecule has 2 aromatic carbocycles. The van der Waals surface area contributed by atoms with E-state index in [9.17, 15) is 13.2 Å². The van der Waals surface area contributed by atoms with Crippen molar-refractivity contribution in [2.75, 3.05) is 17.5 Å². The molecular formula is C17H20N2O3S. The van der Waals surface area contributed by atoms with Crippen LogP contribution >= 0.6 is 0 Å². The maximum Gasteiger partial charge on any atom is 0.251 e. The van der Waals surface area contributed by atoms with Gasteiger partial charge in [-0.2, -0.15) is 0 Å². The van der Waals surface area contributed by atoms with Crippen molar-refractivity contribution in [3.8, 4) is 0 Å². The molecule has 0 aliphatic carbocycles. The molecule has 0 saturated carbocycles. The first kappa shape index (κ1) is 17.0. The Labute approximate surface area is 136 Å². The first-order valence-electron chi connectivity index (χ1n) is 7.26. The number of anilines is 1. The monoisotopic (exact) mass is 332 g/mol. The van der Waals surface area contributed by atoms with Crippen LogP contribution in [0, 0.1) is 6.92 Å². The van der Waals surface area contributed by atoms with E-state index >= 15 is 0 Å². The number of carbonyl (C=O) groups excluding carboxylic acids is 1. The van der Waals surface area contributed by atoms with Crippen LogP contribution in [0.2, 0.25) is 0 Å². The number of hydrogen-bond donors (Lipinski definition) is 2. The van der Waals surface area contributed by atoms with E-state index in [2.05, 4.69) is 10.0 Å². The molecule has 0 spiro atoms. The lowest BCUT2D eigenvalue weighted by Gasteiger charge is -2.10. The lowest BCUT2D eigenvalue weighted by molar-refractivity contribution is 0.0954. The minimum atomic E-state index is -3.38. The highest BCUT2D eigenvalue weighted by atomic mass is 32.2. The van der Waals surface area contributed by atoms with E-state index in [1.54, 1.807) is 25.1 Å². The van der Waals surface area contributed by atoms with Gasteiger partial charge >= 0.3 is 0 Å². The standard InChI is InChI=1S/C17H20N2O3S/c1-13-8-9-15(12-16(13)19-23(2,21)22)17(20)18-11-10-14-6-4-3-5-7-14/h3-9,12,19H,10-11H2,1-2H3,(H,18,20). The predicted molar refractivity (Wildman–Crippen MR) is 92.1 cm³/mol. The summed E-state index contributed by atoms with van der Waals surface area (Å²) < 4.78 is 25.1. The number of benzene rings is 2. The summed E-state index contributed by atoms with van der Waals surface area (Å²) in [6.07, 6.45) is 1.83. The van der Waals surface area contributed by atoms with E-state index in [1.165, 1.54) is 0 Å². The first-order chi connectivity index (χ1) is 10.8. The Bertz CT molecular complexity index is 787. The van der Waals surface area contributed by atoms with Gasteiger partial charge in [0, 0.05) is 12.1 Å². The van der Waals surface area contributed by atoms with Gasteiger partial charge in [0.2, 0.25) is 10.0 Å². The van der Waals surface area contributed by atoms with Gasteiger partial charge in [0.05, 0.1) is 11.9 Å². The number of carbonyl (C=O) groups is 1. The molecule has 0 aromatic heterocycles. The summed E-state index contributed by atoms with van der Waals surface area (Å²) in [4.78, 5) is 12.2. The van der Waals surface area contributed by atoms with Crippen molar-refractivity contribution in [2.45, 2.75) is 13.3 Å². The van der Waals surface area contributed by atoms with Crippen LogP contribution in [0.1, 0.15) is 21.5 Å². The third-order valence-corrected chi connectivity index (χ3v) is 3.93. The predicted octanol–water partition coefficient (Wildman–Crippen LogP) is 2.34. The molecule has 0 saturated heterocycles. The molecule has 6 heteroatoms. The van der Waals surface area contributed by atoms with Crippen molar-refractivity contribution >= 4 is 21.6 Å². The third-order valence-electron chi connectivity index (χ3n) is 3.34. The average Bonchev–Trinajstić information content (AvgIpc) is 2.49. The summed E-state index contributed by atoms with van der Waals surface area (Å²) in [5.74, 6) is -0.225. The second kappa shape index (κ2) is 7.28. The zero-order chi connectivity index (χ0) is 16.9. The van der Waals surface area contributed by atoms with Crippen LogP contribution in [-0.2, 0) is 16.4 Å². The molecule has 23 heavy (non-hydrogen) atoms. The van der Waals surface area contributed by atoms with Crippen LogP contribution in [-0.4, -0.2) is 27.1 Å². The van der Waals surface area contributed by atoms with Crippen molar-refractivity contribution in [1.29, 1.82) is 0 Å². The molecule has 122 valence electrons. The topological polar surface area (TPSA) is 75.3 Å². The fourth-order valence-electron chi connectivity index (χ4n) is 2.14. The van der Waals surface area contributed by atoms with E-state index in [0.717, 1.165) is 23.8 Å². The summed E-state index contributed by atoms with van der Waals surface area (Å²) in [6.45, 7) is 2.30. The van der Waals surface area contributed by atoms with Crippen LogP contribution in [0.5, 0.6) is 0 Å². The second-order valence-electron chi connectivity index (χ2n) is 5.40. The number of amides is 1. The van der Waals surface area contributed by atoms with Gasteiger partial charge in [0.15, 0.2) is 0 Å². The van der Waals surface area contributed by atoms with E-state index in [1.807, 2.05) is 30.3 Å². The molecule has 1 amide bonds. The molecular weight excluding hydrogens is 312 g/mol. The smallest absolute Gasteiger partial charge is 0.251 e. The van der Waals surface area contributed by atoms with E-state index in [-0.39, 0.29) is 5.91 Å². The zero-order valence-electron chi connectivity index (χ0n) is 13.2. The Kier molecular flexibility index (Phi) is 5.39. The Morgan fingerprint density at radius 1 is 1.09 bits per heavy atom. The van der Waals surface area contributed by atoms with E-state index in [4.69, 9.17) is 0 Å². The van der Waals surface area contributed by atoms with Gasteiger partial charge < -0.3 is 5.32 Å². The Morgan fingerprint density at radius 2 is 1.78 bits per heavy atom. The largest absolute Gasteiger partial charge is 0.352 e. The summed E-state index contributed by atoms with van der Waals surface area (Å²) in [7, 11) is -3.38. The lowest BCUT2D eigenvalue weighted by atomic mass is 10.1. The van der Waals surface area contributed by atoms with Gasteiger partial charge in [-0.15, -0.1) is 0 Å². The molecule has 0 bridgehead atoms. The summed E-state index contributed by atoms with van der Waals surface area (Å²) >= 11 is 0. The maximum absolute atomic E-state index is 12.2. The second-order valence-corrected chi connectivity index (χ2v) is 7.14. The molecule has 0 heterocycles. The summed E-state index contributed by atoms with van der Waals surface area (Å²) in [6, 6.07) is 14.8. The Hall–Kier alpha value is -2.34. The highest BCUT2D eigenvalue weighted by molar-refractivity contribution is 7.92. The molecule has 0 radical (unpaired) electrons. The van der Waals surface area contributed by atoms with Crippen LogP contribution in [0.3, 0.4) is 0 Å². The molecule has 2 aromatic rings. The number of aryl methyl sites for hydroxylation is 1. The van der Waals surface area contributed by atoms with Crippen molar-refractivity contribution in [3.63, 3.8) is 0 Å². The number of rotatable bonds is 6. The highest BCUT2D eigenvalue weighted by Crippen LogP contribution is 2.18. The van der Waals surface area contributed by atoms with Crippen LogP contribution < -0.4 is 10.0 Å². The fraction of sp³-hybridized carbons (Fsp3) is 0.235. The first-order valence-corrected chi connectivity index (χ1v) is 9.15. The Morgan fingerprint density at radius 3 is 2.43 bits per heavy atom. The number of nitrogens with one attached hydrogen (secondary N) is 2. The van der Waals surface area contributed by atoms with Crippen molar-refractivity contribution in [3.05, 3.63) is 65.2 Å². The fourth-order valence-corrected chi connectivity index (χ4v) is 2.76. The van der Waals surface area contributed by atoms with Crippen LogP contribution in [0.15, 0.2) is 48.5 Å². The Balaban J connectivity index is 2.00. The molecule has 2 N–H and O–H groups in total. The van der Waals surface area contributed by atoms with Gasteiger partial charge in [-0.3, -0.25) is 9.52 Å². The van der Waals surface area contributed by atoms with Crippen LogP contribution in [0.25, 0.3) is 0 Å². The molecule has 2 rings (SSSR count). The van der Waals surface area contributed by atoms with Gasteiger partial charge in [0.25, 0.3) is 5.91 Å². The van der Waals surface area contributed by atoms with E-state index in [0.29, 0.717) is 17.8 Å². The minimum absolute atomic E-state index is 0.225. The van der Waals surface area contributed by atoms with Gasteiger partial charge in [-0.1, -0.05) is 36.4 Å². The average molecular weight is 332 g/mol. The normalized spacial score (nSPS) is 11.0. The number of sulfonamides is 1. The summed E-state index contributed by atoms with van der Waals surface area (Å²) in [5, 5.41) is 2.84. The maximum atomic E-state index is 12.2. The van der Waals surface area contributed by atoms with Crippen molar-refractivity contribution in [2.24, 2.45) is 0 Å². The molecule has 5 nitrogen and oxygen atoms in total. The molecule has 0 aliphatic rings. The zero-order valence-corrected chi connectivity index (χ0v) is 14.0. The quantitative estimate of drug-likeness (QED) is 0.852. The SMILES string of the molecule is Cc1ccc(C(=O)NCCc2ccccc2)cc1NS(C)(=O)=O. The van der Waals surface area contributed by atoms with Crippen LogP contribution in [0.4, 0.5) is 5.69 Å². The van der Waals surface area contributed by atoms with Gasteiger partial charge in [-0.25, -0.2) is 8.42 Å². The minimum Gasteiger partial charge on any atom is -0.352 e. The molecule has 0 aliphatic heterocycles. The van der Waals surface area contributed by atoms with Crippen molar-refractivity contribution < 1.29 is 13.2 Å². The molecule has 0 atom stereocenters. The van der Waals surface area contributed by atoms with Gasteiger partial charge in [0.1, 0.15) is 0 Å². The molecule has 0 fully saturated rings. The van der Waals surface area contributed by atoms with Gasteiger partial charge in [-0.05, 0) is 36.6 Å². The van der Waals surface area contributed by atoms with E-state index < -0.39 is 10.0 Å². The molecule has 0 unspecified atom stereocenters. The third kappa shape index (κ3) is 5.41. The summed E-state index contributed by atoms with van der Waals surface area (Å²) in [5.41, 5.74) is 2.76. The van der Waals surface area contributed by atoms with Crippen molar-refractivity contribution in [1.82, 2.24) is 5.32 Å². The highest BCUT2D eigenvalue weighted by Gasteiger charge is 2.10.